The number of rotatable bonds is 9. The molecule has 12 aromatic rings. The average Bonchev–Trinajstić information content (AvgIpc) is 4.00. The molecule has 0 saturated heterocycles. The van der Waals surface area contributed by atoms with Crippen LogP contribution in [0.1, 0.15) is 11.5 Å². The first-order valence-electron chi connectivity index (χ1n) is 25.3. The molecular weight excluding hydrogens is 883 g/mol. The highest BCUT2D eigenvalue weighted by Crippen LogP contribution is 2.51. The van der Waals surface area contributed by atoms with Crippen LogP contribution in [-0.2, 0) is 0 Å². The molecule has 14 rings (SSSR count). The molecule has 0 saturated carbocycles. The number of aromatic nitrogens is 1. The minimum Gasteiger partial charge on any atom is -0.333 e. The molecule has 2 unspecified atom stereocenters. The van der Waals surface area contributed by atoms with E-state index in [9.17, 15) is 0 Å². The minimum absolute atomic E-state index is 0.207. The average molecular weight is 932 g/mol. The van der Waals surface area contributed by atoms with E-state index in [2.05, 4.69) is 300 Å². The van der Waals surface area contributed by atoms with Crippen LogP contribution < -0.4 is 9.80 Å². The number of nitrogens with zero attached hydrogens (tertiary/aromatic N) is 3. The van der Waals surface area contributed by atoms with Gasteiger partial charge in [-0.2, -0.15) is 0 Å². The largest absolute Gasteiger partial charge is 0.333 e. The SMILES string of the molecule is C1=CC2c3cc(N(c4ccc(-c5ccccc5)cc4)c4ccc(-c5cc6c(-c7ccccc7)c(-c7ccccc7)n(-c7ccc8ccccc8c7)c6c6ccccc56)cc4)ccc3N(c3ccccc3)C2C=C1. The van der Waals surface area contributed by atoms with Crippen molar-refractivity contribution in [3.05, 3.63) is 291 Å². The van der Waals surface area contributed by atoms with Crippen LogP contribution in [0.4, 0.5) is 28.4 Å². The van der Waals surface area contributed by atoms with Gasteiger partial charge < -0.3 is 14.4 Å². The third-order valence-corrected chi connectivity index (χ3v) is 15.1. The summed E-state index contributed by atoms with van der Waals surface area (Å²) in [6.07, 6.45) is 9.11. The number of benzene rings is 11. The summed E-state index contributed by atoms with van der Waals surface area (Å²) in [5.41, 5.74) is 18.9. The summed E-state index contributed by atoms with van der Waals surface area (Å²) in [5, 5.41) is 6.07. The Balaban J connectivity index is 0.952. The normalized spacial score (nSPS) is 14.7. The Morgan fingerprint density at radius 3 is 1.63 bits per heavy atom. The lowest BCUT2D eigenvalue weighted by Gasteiger charge is -2.28. The predicted octanol–water partition coefficient (Wildman–Crippen LogP) is 18.8. The topological polar surface area (TPSA) is 11.4 Å². The van der Waals surface area contributed by atoms with Gasteiger partial charge in [0.2, 0.25) is 0 Å². The lowest BCUT2D eigenvalue weighted by Crippen LogP contribution is -2.28. The Hall–Kier alpha value is -9.44. The Morgan fingerprint density at radius 2 is 0.918 bits per heavy atom. The lowest BCUT2D eigenvalue weighted by molar-refractivity contribution is 0.745. The Kier molecular flexibility index (Phi) is 10.3. The third kappa shape index (κ3) is 7.28. The Bertz CT molecular complexity index is 4060. The van der Waals surface area contributed by atoms with Gasteiger partial charge in [0.25, 0.3) is 0 Å². The number of allylic oxidation sites excluding steroid dienone is 2. The molecule has 2 heterocycles. The second kappa shape index (κ2) is 17.8. The van der Waals surface area contributed by atoms with E-state index >= 15 is 0 Å². The monoisotopic (exact) mass is 931 g/mol. The summed E-state index contributed by atoms with van der Waals surface area (Å²) in [5.74, 6) is 0.229. The molecule has 0 radical (unpaired) electrons. The van der Waals surface area contributed by atoms with E-state index in [-0.39, 0.29) is 12.0 Å². The summed E-state index contributed by atoms with van der Waals surface area (Å²) < 4.78 is 2.52. The van der Waals surface area contributed by atoms with Crippen molar-refractivity contribution >= 4 is 60.9 Å². The summed E-state index contributed by atoms with van der Waals surface area (Å²) in [6, 6.07) is 95.9. The maximum atomic E-state index is 2.52. The van der Waals surface area contributed by atoms with Crippen molar-refractivity contribution in [3.8, 4) is 50.3 Å². The minimum atomic E-state index is 0.207. The van der Waals surface area contributed by atoms with Gasteiger partial charge in [-0.15, -0.1) is 0 Å². The first kappa shape index (κ1) is 42.4. The quantitative estimate of drug-likeness (QED) is 0.143. The van der Waals surface area contributed by atoms with Crippen molar-refractivity contribution in [1.29, 1.82) is 0 Å². The van der Waals surface area contributed by atoms with Crippen LogP contribution in [0.5, 0.6) is 0 Å². The summed E-state index contributed by atoms with van der Waals surface area (Å²) >= 11 is 0. The molecular formula is C70H49N3. The Labute approximate surface area is 426 Å². The van der Waals surface area contributed by atoms with Gasteiger partial charge in [-0.25, -0.2) is 0 Å². The highest BCUT2D eigenvalue weighted by molar-refractivity contribution is 6.20. The summed E-state index contributed by atoms with van der Waals surface area (Å²) in [7, 11) is 0. The van der Waals surface area contributed by atoms with Crippen LogP contribution in [0, 0.1) is 0 Å². The molecule has 0 bridgehead atoms. The van der Waals surface area contributed by atoms with Crippen molar-refractivity contribution in [2.75, 3.05) is 9.80 Å². The Morgan fingerprint density at radius 1 is 0.356 bits per heavy atom. The van der Waals surface area contributed by atoms with Gasteiger partial charge in [0.1, 0.15) is 0 Å². The van der Waals surface area contributed by atoms with Crippen LogP contribution in [0.2, 0.25) is 0 Å². The van der Waals surface area contributed by atoms with E-state index < -0.39 is 0 Å². The molecule has 11 aromatic carbocycles. The molecule has 3 heteroatoms. The lowest BCUT2D eigenvalue weighted by atomic mass is 9.91. The molecule has 344 valence electrons. The maximum Gasteiger partial charge on any atom is 0.0629 e. The third-order valence-electron chi connectivity index (χ3n) is 15.1. The van der Waals surface area contributed by atoms with Crippen molar-refractivity contribution in [3.63, 3.8) is 0 Å². The first-order chi connectivity index (χ1) is 36.2. The van der Waals surface area contributed by atoms with Crippen molar-refractivity contribution in [2.24, 2.45) is 0 Å². The summed E-state index contributed by atoms with van der Waals surface area (Å²) in [4.78, 5) is 4.92. The first-order valence-corrected chi connectivity index (χ1v) is 25.3. The van der Waals surface area contributed by atoms with E-state index in [1.807, 2.05) is 0 Å². The van der Waals surface area contributed by atoms with Crippen LogP contribution >= 0.6 is 0 Å². The molecule has 0 amide bonds. The van der Waals surface area contributed by atoms with Gasteiger partial charge in [0, 0.05) is 56.4 Å². The number of anilines is 5. The fraction of sp³-hybridized carbons (Fsp3) is 0.0286. The summed E-state index contributed by atoms with van der Waals surface area (Å²) in [6.45, 7) is 0. The van der Waals surface area contributed by atoms with Crippen LogP contribution in [0.25, 0.3) is 82.8 Å². The molecule has 1 aliphatic heterocycles. The van der Waals surface area contributed by atoms with E-state index in [1.165, 1.54) is 88.5 Å². The highest BCUT2D eigenvalue weighted by atomic mass is 15.2. The predicted molar refractivity (Wildman–Crippen MR) is 308 cm³/mol. The van der Waals surface area contributed by atoms with Crippen LogP contribution in [0.15, 0.2) is 285 Å². The van der Waals surface area contributed by atoms with Gasteiger partial charge in [-0.3, -0.25) is 0 Å². The molecule has 0 N–H and O–H groups in total. The number of hydrogen-bond acceptors (Lipinski definition) is 2. The van der Waals surface area contributed by atoms with E-state index in [1.54, 1.807) is 0 Å². The van der Waals surface area contributed by atoms with Gasteiger partial charge in [0.05, 0.1) is 17.3 Å². The smallest absolute Gasteiger partial charge is 0.0629 e. The second-order valence-electron chi connectivity index (χ2n) is 19.2. The molecule has 0 spiro atoms. The van der Waals surface area contributed by atoms with Gasteiger partial charge in [-0.05, 0) is 128 Å². The van der Waals surface area contributed by atoms with Crippen molar-refractivity contribution in [2.45, 2.75) is 12.0 Å². The molecule has 2 atom stereocenters. The molecule has 2 aliphatic rings. The number of fused-ring (bicyclic) bond motifs is 7. The standard InChI is InChI=1S/C70H49N3/c1-5-19-48(20-6-1)50-33-38-56(39-34-50)71(59-43-44-67-64(46-59)61-30-17-18-32-66(61)72(67)55-27-11-4-12-28-55)57-40-36-51(37-41-57)63-47-65-68(52-22-7-2-8-23-52)69(53-24-9-3-10-25-53)73(70(65)62-31-16-15-29-60(62)63)58-42-35-49-21-13-14-26-54(49)45-58/h1-47,61,66H. The number of hydrogen-bond donors (Lipinski definition) is 0. The van der Waals surface area contributed by atoms with Crippen LogP contribution in [-0.4, -0.2) is 10.6 Å². The zero-order valence-corrected chi connectivity index (χ0v) is 40.1. The maximum absolute atomic E-state index is 2.52. The number of para-hydroxylation sites is 1. The fourth-order valence-corrected chi connectivity index (χ4v) is 11.8. The molecule has 1 aromatic heterocycles. The van der Waals surface area contributed by atoms with Gasteiger partial charge in [0.15, 0.2) is 0 Å². The van der Waals surface area contributed by atoms with Crippen molar-refractivity contribution < 1.29 is 0 Å². The van der Waals surface area contributed by atoms with Gasteiger partial charge in [-0.1, -0.05) is 212 Å². The molecule has 0 fully saturated rings. The molecule has 73 heavy (non-hydrogen) atoms. The van der Waals surface area contributed by atoms with E-state index in [4.69, 9.17) is 0 Å². The van der Waals surface area contributed by atoms with E-state index in [0.29, 0.717) is 0 Å². The van der Waals surface area contributed by atoms with Crippen LogP contribution in [0.3, 0.4) is 0 Å². The molecule has 1 aliphatic carbocycles. The van der Waals surface area contributed by atoms with E-state index in [0.717, 1.165) is 28.3 Å². The molecule has 3 nitrogen and oxygen atoms in total. The zero-order chi connectivity index (χ0) is 48.2. The second-order valence-corrected chi connectivity index (χ2v) is 19.2. The highest BCUT2D eigenvalue weighted by Gasteiger charge is 2.38. The zero-order valence-electron chi connectivity index (χ0n) is 40.1. The fourth-order valence-electron chi connectivity index (χ4n) is 11.8. The van der Waals surface area contributed by atoms with Gasteiger partial charge >= 0.3 is 0 Å². The van der Waals surface area contributed by atoms with Crippen molar-refractivity contribution in [1.82, 2.24) is 4.57 Å².